The molecule has 0 atom stereocenters. The van der Waals surface area contributed by atoms with E-state index in [1.807, 2.05) is 11.3 Å². The van der Waals surface area contributed by atoms with Gasteiger partial charge in [0.1, 0.15) is 0 Å². The summed E-state index contributed by atoms with van der Waals surface area (Å²) < 4.78 is 2.63. The Morgan fingerprint density at radius 2 is 1.06 bits per heavy atom. The van der Waals surface area contributed by atoms with Crippen molar-refractivity contribution >= 4 is 53.7 Å². The van der Waals surface area contributed by atoms with E-state index in [-0.39, 0.29) is 5.41 Å². The fourth-order valence-electron chi connectivity index (χ4n) is 8.19. The number of anilines is 2. The maximum Gasteiger partial charge on any atom is 0.0713 e. The van der Waals surface area contributed by atoms with Crippen LogP contribution in [-0.2, 0) is 5.41 Å². The zero-order valence-corrected chi connectivity index (χ0v) is 27.5. The van der Waals surface area contributed by atoms with Crippen LogP contribution in [0.15, 0.2) is 182 Å². The van der Waals surface area contributed by atoms with Gasteiger partial charge >= 0.3 is 0 Å². The highest BCUT2D eigenvalue weighted by molar-refractivity contribution is 7.27. The summed E-state index contributed by atoms with van der Waals surface area (Å²) in [6, 6.07) is 66.7. The van der Waals surface area contributed by atoms with E-state index in [2.05, 4.69) is 187 Å². The fraction of sp³-hybridized carbons (Fsp3) is 0.0213. The minimum atomic E-state index is -0.384. The summed E-state index contributed by atoms with van der Waals surface area (Å²) in [7, 11) is 0. The molecule has 0 aliphatic heterocycles. The van der Waals surface area contributed by atoms with E-state index in [0.717, 1.165) is 11.4 Å². The summed E-state index contributed by atoms with van der Waals surface area (Å²) in [4.78, 5) is 0. The molecule has 1 heterocycles. The van der Waals surface area contributed by atoms with E-state index >= 15 is 0 Å². The van der Waals surface area contributed by atoms with E-state index in [0.29, 0.717) is 0 Å². The van der Waals surface area contributed by atoms with Gasteiger partial charge < -0.3 is 5.32 Å². The van der Waals surface area contributed by atoms with Crippen LogP contribution in [0.2, 0.25) is 0 Å². The second kappa shape index (κ2) is 11.1. The lowest BCUT2D eigenvalue weighted by Gasteiger charge is -2.33. The van der Waals surface area contributed by atoms with Crippen molar-refractivity contribution in [1.29, 1.82) is 0 Å². The molecule has 1 nitrogen and oxygen atoms in total. The van der Waals surface area contributed by atoms with Crippen molar-refractivity contribution in [3.05, 3.63) is 204 Å². The first-order chi connectivity index (χ1) is 24.3. The maximum atomic E-state index is 3.80. The molecule has 0 bridgehead atoms. The molecule has 1 aliphatic carbocycles. The monoisotopic (exact) mass is 641 g/mol. The van der Waals surface area contributed by atoms with E-state index in [1.54, 1.807) is 0 Å². The SMILES string of the molecule is c1ccc(C2(c3ccccc3)c3ccccc3-c3cc(-c4cccc(Nc5cccc6c5sc5c7ccccc7ccc65)c4)ccc32)cc1. The van der Waals surface area contributed by atoms with Gasteiger partial charge in [0.2, 0.25) is 0 Å². The summed E-state index contributed by atoms with van der Waals surface area (Å²) in [5.74, 6) is 0. The van der Waals surface area contributed by atoms with Crippen LogP contribution in [0.5, 0.6) is 0 Å². The Bertz CT molecular complexity index is 2650. The number of fused-ring (bicyclic) bond motifs is 8. The number of thiophene rings is 1. The van der Waals surface area contributed by atoms with Gasteiger partial charge in [-0.3, -0.25) is 0 Å². The fourth-order valence-corrected chi connectivity index (χ4v) is 9.49. The second-order valence-corrected chi connectivity index (χ2v) is 14.0. The minimum absolute atomic E-state index is 0.384. The van der Waals surface area contributed by atoms with Gasteiger partial charge in [-0.25, -0.2) is 0 Å². The van der Waals surface area contributed by atoms with Crippen molar-refractivity contribution in [3.63, 3.8) is 0 Å². The first-order valence-electron chi connectivity index (χ1n) is 16.8. The molecule has 2 heteroatoms. The number of rotatable bonds is 5. The molecule has 0 amide bonds. The summed E-state index contributed by atoms with van der Waals surface area (Å²) in [6.45, 7) is 0. The van der Waals surface area contributed by atoms with E-state index in [1.165, 1.54) is 75.5 Å². The molecule has 0 saturated carbocycles. The molecule has 0 saturated heterocycles. The van der Waals surface area contributed by atoms with Crippen LogP contribution < -0.4 is 5.32 Å². The van der Waals surface area contributed by atoms with Gasteiger partial charge in [-0.2, -0.15) is 0 Å². The topological polar surface area (TPSA) is 12.0 Å². The van der Waals surface area contributed by atoms with Crippen LogP contribution in [0.25, 0.3) is 53.2 Å². The molecular formula is C47H31NS. The van der Waals surface area contributed by atoms with Crippen LogP contribution in [0.4, 0.5) is 11.4 Å². The van der Waals surface area contributed by atoms with E-state index in [4.69, 9.17) is 0 Å². The quantitative estimate of drug-likeness (QED) is 0.197. The number of hydrogen-bond acceptors (Lipinski definition) is 2. The molecule has 0 unspecified atom stereocenters. The molecule has 49 heavy (non-hydrogen) atoms. The summed E-state index contributed by atoms with van der Waals surface area (Å²) >= 11 is 1.88. The van der Waals surface area contributed by atoms with E-state index in [9.17, 15) is 0 Å². The van der Waals surface area contributed by atoms with Crippen LogP contribution >= 0.6 is 11.3 Å². The van der Waals surface area contributed by atoms with Crippen molar-refractivity contribution in [2.75, 3.05) is 5.32 Å². The van der Waals surface area contributed by atoms with Crippen molar-refractivity contribution in [1.82, 2.24) is 0 Å². The van der Waals surface area contributed by atoms with Gasteiger partial charge in [0.25, 0.3) is 0 Å². The van der Waals surface area contributed by atoms with Crippen molar-refractivity contribution in [3.8, 4) is 22.3 Å². The zero-order valence-electron chi connectivity index (χ0n) is 26.7. The van der Waals surface area contributed by atoms with Gasteiger partial charge in [-0.05, 0) is 79.5 Å². The largest absolute Gasteiger partial charge is 0.354 e. The molecule has 0 fully saturated rings. The molecular weight excluding hydrogens is 611 g/mol. The highest BCUT2D eigenvalue weighted by Crippen LogP contribution is 2.56. The Labute approximate surface area is 289 Å². The molecule has 1 N–H and O–H groups in total. The summed E-state index contributed by atoms with van der Waals surface area (Å²) in [6.07, 6.45) is 0. The van der Waals surface area contributed by atoms with Crippen LogP contribution in [0.3, 0.4) is 0 Å². The molecule has 1 aromatic heterocycles. The predicted molar refractivity (Wildman–Crippen MR) is 209 cm³/mol. The number of nitrogens with one attached hydrogen (secondary N) is 1. The molecule has 230 valence electrons. The standard InChI is InChI=1S/C47H31NS/c1-3-15-34(16-4-1)47(35-17-5-2-6-18-35)42-23-10-9-21-38(42)41-30-33(26-28-43(41)47)32-14-11-19-36(29-32)48-44-24-12-22-39-40-27-25-31-13-7-8-20-37(31)45(40)49-46(39)44/h1-30,48H. The third-order valence-corrected chi connectivity index (χ3v) is 11.6. The lowest BCUT2D eigenvalue weighted by molar-refractivity contribution is 0.768. The first-order valence-corrected chi connectivity index (χ1v) is 17.7. The summed E-state index contributed by atoms with van der Waals surface area (Å²) in [5, 5.41) is 9.01. The van der Waals surface area contributed by atoms with Gasteiger partial charge in [0.05, 0.1) is 15.8 Å². The molecule has 8 aromatic carbocycles. The van der Waals surface area contributed by atoms with Crippen molar-refractivity contribution in [2.24, 2.45) is 0 Å². The molecule has 1 aliphatic rings. The molecule has 9 aromatic rings. The predicted octanol–water partition coefficient (Wildman–Crippen LogP) is 13.0. The lowest BCUT2D eigenvalue weighted by Crippen LogP contribution is -2.28. The van der Waals surface area contributed by atoms with Crippen molar-refractivity contribution in [2.45, 2.75) is 5.41 Å². The normalized spacial score (nSPS) is 13.1. The smallest absolute Gasteiger partial charge is 0.0713 e. The second-order valence-electron chi connectivity index (χ2n) is 12.9. The maximum absolute atomic E-state index is 3.80. The van der Waals surface area contributed by atoms with Crippen LogP contribution in [0.1, 0.15) is 22.3 Å². The van der Waals surface area contributed by atoms with Gasteiger partial charge in [-0.1, -0.05) is 158 Å². The van der Waals surface area contributed by atoms with Gasteiger partial charge in [-0.15, -0.1) is 11.3 Å². The van der Waals surface area contributed by atoms with Crippen LogP contribution in [0, 0.1) is 0 Å². The Hall–Kier alpha value is -5.96. The third kappa shape index (κ3) is 4.24. The van der Waals surface area contributed by atoms with E-state index < -0.39 is 0 Å². The van der Waals surface area contributed by atoms with Crippen molar-refractivity contribution < 1.29 is 0 Å². The zero-order chi connectivity index (χ0) is 32.4. The highest BCUT2D eigenvalue weighted by Gasteiger charge is 2.45. The van der Waals surface area contributed by atoms with Crippen LogP contribution in [-0.4, -0.2) is 0 Å². The highest BCUT2D eigenvalue weighted by atomic mass is 32.1. The average molecular weight is 642 g/mol. The van der Waals surface area contributed by atoms with Gasteiger partial charge in [0, 0.05) is 21.2 Å². The lowest BCUT2D eigenvalue weighted by atomic mass is 9.67. The van der Waals surface area contributed by atoms with Gasteiger partial charge in [0.15, 0.2) is 0 Å². The number of benzene rings is 8. The Balaban J connectivity index is 1.08. The summed E-state index contributed by atoms with van der Waals surface area (Å²) in [5.41, 5.74) is 12.1. The Morgan fingerprint density at radius 1 is 0.408 bits per heavy atom. The third-order valence-electron chi connectivity index (χ3n) is 10.3. The molecule has 10 rings (SSSR count). The average Bonchev–Trinajstić information content (AvgIpc) is 3.71. The Kier molecular flexibility index (Phi) is 6.34. The molecule has 0 radical (unpaired) electrons. The minimum Gasteiger partial charge on any atom is -0.354 e. The molecule has 0 spiro atoms. The number of hydrogen-bond donors (Lipinski definition) is 1. The first kappa shape index (κ1) is 28.1. The Morgan fingerprint density at radius 3 is 1.90 bits per heavy atom.